The number of thioether (sulfide) groups is 1. The van der Waals surface area contributed by atoms with Crippen LogP contribution in [-0.2, 0) is 17.8 Å². The standard InChI is InChI=1S/C19H17N3OS/c20-19-22(12-14-6-2-1-3-7-14)18(23)17(24-19)13-21-11-10-15-8-4-5-9-16(15)21/h1-9,13,20H,10-12H2. The van der Waals surface area contributed by atoms with Gasteiger partial charge in [0.2, 0.25) is 0 Å². The molecule has 1 N–H and O–H groups in total. The van der Waals surface area contributed by atoms with Crippen molar-refractivity contribution in [3.8, 4) is 0 Å². The zero-order valence-corrected chi connectivity index (χ0v) is 13.9. The normalized spacial score (nSPS) is 18.6. The van der Waals surface area contributed by atoms with Crippen molar-refractivity contribution in [2.24, 2.45) is 0 Å². The minimum atomic E-state index is -0.0850. The van der Waals surface area contributed by atoms with Gasteiger partial charge in [0.1, 0.15) is 0 Å². The number of carbonyl (C=O) groups excluding carboxylic acids is 1. The van der Waals surface area contributed by atoms with E-state index < -0.39 is 0 Å². The summed E-state index contributed by atoms with van der Waals surface area (Å²) in [7, 11) is 0. The van der Waals surface area contributed by atoms with Crippen LogP contribution in [0.5, 0.6) is 0 Å². The summed E-state index contributed by atoms with van der Waals surface area (Å²) in [5, 5.41) is 8.44. The minimum Gasteiger partial charge on any atom is -0.346 e. The van der Waals surface area contributed by atoms with Crippen LogP contribution >= 0.6 is 11.8 Å². The Hall–Kier alpha value is -2.53. The van der Waals surface area contributed by atoms with Gasteiger partial charge in [-0.05, 0) is 35.4 Å². The largest absolute Gasteiger partial charge is 0.346 e. The van der Waals surface area contributed by atoms with Crippen molar-refractivity contribution in [1.82, 2.24) is 4.90 Å². The monoisotopic (exact) mass is 335 g/mol. The number of rotatable bonds is 3. The van der Waals surface area contributed by atoms with Crippen LogP contribution in [-0.4, -0.2) is 22.5 Å². The summed E-state index contributed by atoms with van der Waals surface area (Å²) in [6.07, 6.45) is 2.89. The van der Waals surface area contributed by atoms with Crippen molar-refractivity contribution in [3.63, 3.8) is 0 Å². The third-order valence-corrected chi connectivity index (χ3v) is 5.20. The molecule has 0 saturated carbocycles. The van der Waals surface area contributed by atoms with Gasteiger partial charge in [-0.25, -0.2) is 0 Å². The van der Waals surface area contributed by atoms with Gasteiger partial charge < -0.3 is 4.90 Å². The first kappa shape index (κ1) is 15.0. The zero-order valence-electron chi connectivity index (χ0n) is 13.1. The lowest BCUT2D eigenvalue weighted by Gasteiger charge is -2.15. The second-order valence-corrected chi connectivity index (χ2v) is 6.88. The molecule has 0 bridgehead atoms. The smallest absolute Gasteiger partial charge is 0.268 e. The molecule has 0 spiro atoms. The number of para-hydroxylation sites is 1. The van der Waals surface area contributed by atoms with E-state index >= 15 is 0 Å². The Morgan fingerprint density at radius 2 is 1.83 bits per heavy atom. The van der Waals surface area contributed by atoms with E-state index in [0.29, 0.717) is 16.6 Å². The summed E-state index contributed by atoms with van der Waals surface area (Å²) in [6, 6.07) is 18.1. The minimum absolute atomic E-state index is 0.0850. The molecule has 0 aliphatic carbocycles. The van der Waals surface area contributed by atoms with Gasteiger partial charge >= 0.3 is 0 Å². The number of amides is 1. The van der Waals surface area contributed by atoms with Crippen LogP contribution in [0.2, 0.25) is 0 Å². The summed E-state index contributed by atoms with van der Waals surface area (Å²) in [4.78, 5) is 17.0. The molecular weight excluding hydrogens is 318 g/mol. The van der Waals surface area contributed by atoms with Crippen LogP contribution in [0.4, 0.5) is 5.69 Å². The average molecular weight is 335 g/mol. The number of hydrogen-bond acceptors (Lipinski definition) is 4. The lowest BCUT2D eigenvalue weighted by atomic mass is 10.2. The molecule has 0 atom stereocenters. The molecule has 0 unspecified atom stereocenters. The van der Waals surface area contributed by atoms with E-state index in [1.54, 1.807) is 0 Å². The molecule has 4 nitrogen and oxygen atoms in total. The first-order valence-corrected chi connectivity index (χ1v) is 8.72. The van der Waals surface area contributed by atoms with Crippen LogP contribution < -0.4 is 4.90 Å². The van der Waals surface area contributed by atoms with E-state index in [4.69, 9.17) is 5.41 Å². The van der Waals surface area contributed by atoms with Crippen molar-refractivity contribution in [2.75, 3.05) is 11.4 Å². The predicted octanol–water partition coefficient (Wildman–Crippen LogP) is 3.60. The Balaban J connectivity index is 1.56. The molecule has 2 aliphatic heterocycles. The highest BCUT2D eigenvalue weighted by Gasteiger charge is 2.33. The summed E-state index contributed by atoms with van der Waals surface area (Å²) >= 11 is 1.24. The van der Waals surface area contributed by atoms with Gasteiger partial charge in [0.25, 0.3) is 5.91 Å². The number of nitrogens with one attached hydrogen (secondary N) is 1. The van der Waals surface area contributed by atoms with Gasteiger partial charge in [-0.2, -0.15) is 0 Å². The molecule has 0 radical (unpaired) electrons. The third kappa shape index (κ3) is 2.71. The van der Waals surface area contributed by atoms with Crippen molar-refractivity contribution < 1.29 is 4.79 Å². The van der Waals surface area contributed by atoms with Crippen LogP contribution in [0.25, 0.3) is 0 Å². The van der Waals surface area contributed by atoms with Crippen LogP contribution in [0.3, 0.4) is 0 Å². The predicted molar refractivity (Wildman–Crippen MR) is 97.9 cm³/mol. The topological polar surface area (TPSA) is 47.4 Å². The Labute approximate surface area is 145 Å². The van der Waals surface area contributed by atoms with E-state index in [2.05, 4.69) is 17.0 Å². The van der Waals surface area contributed by atoms with Gasteiger partial charge in [-0.1, -0.05) is 48.5 Å². The molecular formula is C19H17N3OS. The molecule has 2 aromatic carbocycles. The number of anilines is 1. The molecule has 1 saturated heterocycles. The van der Waals surface area contributed by atoms with Crippen LogP contribution in [0.15, 0.2) is 65.7 Å². The Bertz CT molecular complexity index is 832. The van der Waals surface area contributed by atoms with Crippen LogP contribution in [0.1, 0.15) is 11.1 Å². The van der Waals surface area contributed by atoms with Crippen LogP contribution in [0, 0.1) is 5.41 Å². The maximum absolute atomic E-state index is 12.7. The summed E-state index contributed by atoms with van der Waals surface area (Å²) in [5.41, 5.74) is 3.50. The SMILES string of the molecule is N=C1SC(=CN2CCc3ccccc32)C(=O)N1Cc1ccccc1. The molecule has 1 fully saturated rings. The Morgan fingerprint density at radius 3 is 2.67 bits per heavy atom. The second kappa shape index (κ2) is 6.17. The van der Waals surface area contributed by atoms with Crippen molar-refractivity contribution in [1.29, 1.82) is 5.41 Å². The number of carbonyl (C=O) groups is 1. The zero-order chi connectivity index (χ0) is 16.5. The number of fused-ring (bicyclic) bond motifs is 1. The lowest BCUT2D eigenvalue weighted by Crippen LogP contribution is -2.28. The Kier molecular flexibility index (Phi) is 3.86. The highest BCUT2D eigenvalue weighted by Crippen LogP contribution is 2.34. The summed E-state index contributed by atoms with van der Waals surface area (Å²) in [6.45, 7) is 1.32. The van der Waals surface area contributed by atoms with E-state index in [1.165, 1.54) is 22.2 Å². The first-order valence-electron chi connectivity index (χ1n) is 7.91. The highest BCUT2D eigenvalue weighted by atomic mass is 32.2. The number of nitrogens with zero attached hydrogens (tertiary/aromatic N) is 2. The third-order valence-electron chi connectivity index (χ3n) is 4.29. The number of benzene rings is 2. The van der Waals surface area contributed by atoms with E-state index in [1.807, 2.05) is 48.7 Å². The fourth-order valence-corrected chi connectivity index (χ4v) is 3.90. The van der Waals surface area contributed by atoms with Crippen molar-refractivity contribution >= 4 is 28.5 Å². The van der Waals surface area contributed by atoms with Gasteiger partial charge in [0, 0.05) is 18.4 Å². The van der Waals surface area contributed by atoms with Gasteiger partial charge in [-0.3, -0.25) is 15.1 Å². The summed E-state index contributed by atoms with van der Waals surface area (Å²) < 4.78 is 0. The molecule has 4 rings (SSSR count). The second-order valence-electron chi connectivity index (χ2n) is 5.85. The lowest BCUT2D eigenvalue weighted by molar-refractivity contribution is -0.122. The number of hydrogen-bond donors (Lipinski definition) is 1. The van der Waals surface area contributed by atoms with Gasteiger partial charge in [-0.15, -0.1) is 0 Å². The number of amidine groups is 1. The first-order chi connectivity index (χ1) is 11.7. The van der Waals surface area contributed by atoms with E-state index in [9.17, 15) is 4.79 Å². The van der Waals surface area contributed by atoms with Gasteiger partial charge in [0.15, 0.2) is 5.17 Å². The fourth-order valence-electron chi connectivity index (χ4n) is 3.06. The maximum atomic E-state index is 12.7. The molecule has 2 heterocycles. The maximum Gasteiger partial charge on any atom is 0.268 e. The molecule has 120 valence electrons. The summed E-state index contributed by atoms with van der Waals surface area (Å²) in [5.74, 6) is -0.0850. The quantitative estimate of drug-likeness (QED) is 0.872. The Morgan fingerprint density at radius 1 is 1.08 bits per heavy atom. The van der Waals surface area contributed by atoms with E-state index in [-0.39, 0.29) is 5.91 Å². The molecule has 1 amide bonds. The molecule has 2 aromatic rings. The molecule has 0 aromatic heterocycles. The van der Waals surface area contributed by atoms with Crippen molar-refractivity contribution in [2.45, 2.75) is 13.0 Å². The average Bonchev–Trinajstić information content (AvgIpc) is 3.13. The van der Waals surface area contributed by atoms with E-state index in [0.717, 1.165) is 24.2 Å². The molecule has 2 aliphatic rings. The molecule has 5 heteroatoms. The molecule has 24 heavy (non-hydrogen) atoms. The highest BCUT2D eigenvalue weighted by molar-refractivity contribution is 8.18. The van der Waals surface area contributed by atoms with Crippen molar-refractivity contribution in [3.05, 3.63) is 76.8 Å². The van der Waals surface area contributed by atoms with Gasteiger partial charge in [0.05, 0.1) is 11.4 Å². The fraction of sp³-hybridized carbons (Fsp3) is 0.158.